The van der Waals surface area contributed by atoms with Crippen LogP contribution >= 0.6 is 0 Å². The van der Waals surface area contributed by atoms with Gasteiger partial charge in [0.2, 0.25) is 0 Å². The highest BCUT2D eigenvalue weighted by molar-refractivity contribution is 6.09. The normalized spacial score (nSPS) is 11.0. The molecular weight excluding hydrogens is 273 g/mol. The van der Waals surface area contributed by atoms with Crippen molar-refractivity contribution >= 4 is 17.4 Å². The highest BCUT2D eigenvalue weighted by Crippen LogP contribution is 2.11. The lowest BCUT2D eigenvalue weighted by atomic mass is 10.1. The van der Waals surface area contributed by atoms with Crippen LogP contribution in [0.2, 0.25) is 0 Å². The topological polar surface area (TPSA) is 66.4 Å². The molecule has 21 heavy (non-hydrogen) atoms. The number of nitrogens with one attached hydrogen (secondary N) is 1. The number of ketones is 1. The molecule has 0 aliphatic carbocycles. The molecule has 0 fully saturated rings. The highest BCUT2D eigenvalue weighted by atomic mass is 19.1. The number of carbonyl (C=O) groups excluding carboxylic acids is 1. The van der Waals surface area contributed by atoms with Crippen molar-refractivity contribution in [2.75, 3.05) is 5.32 Å². The standard InChI is InChI=1S/C16H12FNO3/c17-12-8-6-11(7-9-12)15(19)10-14(16(20)21)18-13-4-2-1-3-5-13/h1-10,18H,(H,20,21)/b14-10-. The summed E-state index contributed by atoms with van der Waals surface area (Å²) in [7, 11) is 0. The number of aliphatic carboxylic acids is 1. The van der Waals surface area contributed by atoms with Crippen LogP contribution in [-0.2, 0) is 4.79 Å². The minimum absolute atomic E-state index is 0.213. The Morgan fingerprint density at radius 1 is 1.00 bits per heavy atom. The molecule has 106 valence electrons. The Labute approximate surface area is 120 Å². The molecule has 0 spiro atoms. The largest absolute Gasteiger partial charge is 0.477 e. The molecule has 0 saturated heterocycles. The van der Waals surface area contributed by atoms with Crippen LogP contribution in [0, 0.1) is 5.82 Å². The van der Waals surface area contributed by atoms with Crippen LogP contribution in [0.3, 0.4) is 0 Å². The van der Waals surface area contributed by atoms with E-state index in [-0.39, 0.29) is 11.3 Å². The first-order valence-electron chi connectivity index (χ1n) is 6.13. The molecule has 0 saturated carbocycles. The molecule has 4 nitrogen and oxygen atoms in total. The van der Waals surface area contributed by atoms with Gasteiger partial charge in [-0.1, -0.05) is 18.2 Å². The van der Waals surface area contributed by atoms with Crippen LogP contribution in [0.5, 0.6) is 0 Å². The van der Waals surface area contributed by atoms with Crippen molar-refractivity contribution in [2.24, 2.45) is 0 Å². The SMILES string of the molecule is O=C(O)/C(=C/C(=O)c1ccc(F)cc1)Nc1ccccc1. The summed E-state index contributed by atoms with van der Waals surface area (Å²) in [5.74, 6) is -2.23. The second-order valence-corrected chi connectivity index (χ2v) is 4.23. The third-order valence-corrected chi connectivity index (χ3v) is 2.69. The fourth-order valence-electron chi connectivity index (χ4n) is 1.66. The molecule has 0 aliphatic rings. The van der Waals surface area contributed by atoms with E-state index in [1.165, 1.54) is 12.1 Å². The predicted octanol–water partition coefficient (Wildman–Crippen LogP) is 3.09. The molecule has 2 rings (SSSR count). The van der Waals surface area contributed by atoms with Gasteiger partial charge in [0.25, 0.3) is 0 Å². The number of benzene rings is 2. The Morgan fingerprint density at radius 3 is 2.19 bits per heavy atom. The Morgan fingerprint density at radius 2 is 1.62 bits per heavy atom. The van der Waals surface area contributed by atoms with E-state index in [1.54, 1.807) is 30.3 Å². The minimum atomic E-state index is -1.26. The quantitative estimate of drug-likeness (QED) is 0.654. The van der Waals surface area contributed by atoms with Crippen molar-refractivity contribution < 1.29 is 19.1 Å². The van der Waals surface area contributed by atoms with Gasteiger partial charge in [0.05, 0.1) is 0 Å². The van der Waals surface area contributed by atoms with E-state index in [0.717, 1.165) is 18.2 Å². The van der Waals surface area contributed by atoms with E-state index in [0.29, 0.717) is 5.69 Å². The first kappa shape index (κ1) is 14.5. The maximum absolute atomic E-state index is 12.8. The highest BCUT2D eigenvalue weighted by Gasteiger charge is 2.11. The van der Waals surface area contributed by atoms with Gasteiger partial charge in [-0.15, -0.1) is 0 Å². The van der Waals surface area contributed by atoms with Crippen molar-refractivity contribution in [1.82, 2.24) is 0 Å². The monoisotopic (exact) mass is 285 g/mol. The van der Waals surface area contributed by atoms with Gasteiger partial charge in [-0.3, -0.25) is 4.79 Å². The van der Waals surface area contributed by atoms with E-state index >= 15 is 0 Å². The van der Waals surface area contributed by atoms with E-state index < -0.39 is 17.6 Å². The van der Waals surface area contributed by atoms with Gasteiger partial charge in [-0.2, -0.15) is 0 Å². The van der Waals surface area contributed by atoms with Gasteiger partial charge in [0, 0.05) is 17.3 Å². The maximum atomic E-state index is 12.8. The average molecular weight is 285 g/mol. The second kappa shape index (κ2) is 6.47. The molecule has 5 heteroatoms. The zero-order chi connectivity index (χ0) is 15.2. The first-order valence-corrected chi connectivity index (χ1v) is 6.13. The fourth-order valence-corrected chi connectivity index (χ4v) is 1.66. The number of carboxylic acids is 1. The van der Waals surface area contributed by atoms with Crippen molar-refractivity contribution in [3.8, 4) is 0 Å². The summed E-state index contributed by atoms with van der Waals surface area (Å²) in [5.41, 5.74) is 0.513. The number of carbonyl (C=O) groups is 2. The van der Waals surface area contributed by atoms with Gasteiger partial charge < -0.3 is 10.4 Å². The Bertz CT molecular complexity index is 678. The number of halogens is 1. The summed E-state index contributed by atoms with van der Waals surface area (Å²) >= 11 is 0. The number of para-hydroxylation sites is 1. The third kappa shape index (κ3) is 4.01. The zero-order valence-corrected chi connectivity index (χ0v) is 10.9. The smallest absolute Gasteiger partial charge is 0.352 e. The van der Waals surface area contributed by atoms with Crippen molar-refractivity contribution in [3.05, 3.63) is 77.8 Å². The number of rotatable bonds is 5. The van der Waals surface area contributed by atoms with Crippen LogP contribution in [0.1, 0.15) is 10.4 Å². The zero-order valence-electron chi connectivity index (χ0n) is 10.9. The summed E-state index contributed by atoms with van der Waals surface area (Å²) in [4.78, 5) is 23.1. The summed E-state index contributed by atoms with van der Waals surface area (Å²) < 4.78 is 12.8. The molecule has 0 unspecified atom stereocenters. The number of hydrogen-bond acceptors (Lipinski definition) is 3. The van der Waals surface area contributed by atoms with Crippen LogP contribution in [0.4, 0.5) is 10.1 Å². The van der Waals surface area contributed by atoms with Crippen LogP contribution in [0.25, 0.3) is 0 Å². The number of carboxylic acid groups (broad SMARTS) is 1. The van der Waals surface area contributed by atoms with Gasteiger partial charge in [-0.05, 0) is 36.4 Å². The first-order chi connectivity index (χ1) is 10.1. The summed E-state index contributed by atoms with van der Waals surface area (Å²) in [6.45, 7) is 0. The van der Waals surface area contributed by atoms with Crippen LogP contribution in [0.15, 0.2) is 66.4 Å². The van der Waals surface area contributed by atoms with Crippen LogP contribution < -0.4 is 5.32 Å². The lowest BCUT2D eigenvalue weighted by Gasteiger charge is -2.06. The number of allylic oxidation sites excluding steroid dienone is 1. The molecule has 2 N–H and O–H groups in total. The van der Waals surface area contributed by atoms with E-state index in [2.05, 4.69) is 5.32 Å². The van der Waals surface area contributed by atoms with E-state index in [9.17, 15) is 14.0 Å². The molecule has 0 aliphatic heterocycles. The molecule has 0 heterocycles. The molecule has 2 aromatic rings. The van der Waals surface area contributed by atoms with Crippen molar-refractivity contribution in [2.45, 2.75) is 0 Å². The van der Waals surface area contributed by atoms with E-state index in [4.69, 9.17) is 5.11 Å². The van der Waals surface area contributed by atoms with E-state index in [1.807, 2.05) is 0 Å². The number of anilines is 1. The summed E-state index contributed by atoms with van der Waals surface area (Å²) in [6, 6.07) is 13.5. The predicted molar refractivity (Wildman–Crippen MR) is 76.5 cm³/mol. The molecule has 0 amide bonds. The fraction of sp³-hybridized carbons (Fsp3) is 0. The van der Waals surface area contributed by atoms with Gasteiger partial charge in [0.15, 0.2) is 5.78 Å². The molecule has 0 atom stereocenters. The second-order valence-electron chi connectivity index (χ2n) is 4.23. The summed E-state index contributed by atoms with van der Waals surface area (Å²) in [6.07, 6.45) is 0.975. The van der Waals surface area contributed by atoms with Gasteiger partial charge in [-0.25, -0.2) is 9.18 Å². The van der Waals surface area contributed by atoms with Gasteiger partial charge in [0.1, 0.15) is 11.5 Å². The van der Waals surface area contributed by atoms with Crippen LogP contribution in [-0.4, -0.2) is 16.9 Å². The third-order valence-electron chi connectivity index (χ3n) is 2.69. The molecule has 0 bridgehead atoms. The minimum Gasteiger partial charge on any atom is -0.477 e. The van der Waals surface area contributed by atoms with Gasteiger partial charge >= 0.3 is 5.97 Å². The van der Waals surface area contributed by atoms with Crippen molar-refractivity contribution in [3.63, 3.8) is 0 Å². The summed E-state index contributed by atoms with van der Waals surface area (Å²) in [5, 5.41) is 11.8. The average Bonchev–Trinajstić information content (AvgIpc) is 2.48. The molecule has 0 radical (unpaired) electrons. The molecule has 2 aromatic carbocycles. The maximum Gasteiger partial charge on any atom is 0.352 e. The number of hydrogen-bond donors (Lipinski definition) is 2. The lowest BCUT2D eigenvalue weighted by Crippen LogP contribution is -2.12. The Balaban J connectivity index is 2.23. The molecular formula is C16H12FNO3. The Kier molecular flexibility index (Phi) is 4.46. The molecule has 0 aromatic heterocycles. The van der Waals surface area contributed by atoms with Crippen molar-refractivity contribution in [1.29, 1.82) is 0 Å². The Hall–Kier alpha value is -2.95. The lowest BCUT2D eigenvalue weighted by molar-refractivity contribution is -0.132.